The third-order valence-corrected chi connectivity index (χ3v) is 3.36. The van der Waals surface area contributed by atoms with E-state index in [2.05, 4.69) is 44.0 Å². The standard InChI is InChI=1S/C12H15NS/c1-12(2,3)10-4-5-11-9(6-10)7-13-8-14-11/h4-7H,8H2,1-3H3. The van der Waals surface area contributed by atoms with Crippen molar-refractivity contribution < 1.29 is 0 Å². The van der Waals surface area contributed by atoms with Crippen LogP contribution in [0.3, 0.4) is 0 Å². The summed E-state index contributed by atoms with van der Waals surface area (Å²) in [5, 5.41) is 0. The average molecular weight is 205 g/mol. The number of benzene rings is 1. The van der Waals surface area contributed by atoms with Crippen molar-refractivity contribution in [3.05, 3.63) is 29.3 Å². The molecule has 1 aliphatic heterocycles. The minimum absolute atomic E-state index is 0.227. The molecule has 0 spiro atoms. The van der Waals surface area contributed by atoms with Crippen LogP contribution in [0.25, 0.3) is 0 Å². The molecule has 0 saturated heterocycles. The quantitative estimate of drug-likeness (QED) is 0.631. The normalized spacial score (nSPS) is 15.4. The molecule has 1 heterocycles. The van der Waals surface area contributed by atoms with E-state index in [9.17, 15) is 0 Å². The van der Waals surface area contributed by atoms with Crippen molar-refractivity contribution in [3.63, 3.8) is 0 Å². The second-order valence-electron chi connectivity index (χ2n) is 4.59. The zero-order chi connectivity index (χ0) is 10.2. The van der Waals surface area contributed by atoms with Crippen LogP contribution < -0.4 is 0 Å². The summed E-state index contributed by atoms with van der Waals surface area (Å²) in [4.78, 5) is 5.63. The molecule has 0 aromatic heterocycles. The smallest absolute Gasteiger partial charge is 0.0890 e. The molecule has 1 aromatic carbocycles. The highest BCUT2D eigenvalue weighted by Crippen LogP contribution is 2.30. The first kappa shape index (κ1) is 9.78. The average Bonchev–Trinajstić information content (AvgIpc) is 2.16. The van der Waals surface area contributed by atoms with Gasteiger partial charge in [0, 0.05) is 16.7 Å². The summed E-state index contributed by atoms with van der Waals surface area (Å²) in [5.74, 6) is 0.863. The van der Waals surface area contributed by atoms with Crippen LogP contribution >= 0.6 is 11.8 Å². The Morgan fingerprint density at radius 2 is 2.07 bits per heavy atom. The molecule has 0 N–H and O–H groups in total. The lowest BCUT2D eigenvalue weighted by atomic mass is 9.86. The molecule has 0 radical (unpaired) electrons. The highest BCUT2D eigenvalue weighted by atomic mass is 32.2. The Balaban J connectivity index is 2.45. The molecule has 1 aliphatic rings. The van der Waals surface area contributed by atoms with E-state index in [1.54, 1.807) is 0 Å². The molecular formula is C12H15NS. The van der Waals surface area contributed by atoms with Crippen LogP contribution in [0.15, 0.2) is 28.1 Å². The molecule has 74 valence electrons. The van der Waals surface area contributed by atoms with Gasteiger partial charge in [0.25, 0.3) is 0 Å². The Morgan fingerprint density at radius 3 is 2.79 bits per heavy atom. The van der Waals surface area contributed by atoms with Crippen molar-refractivity contribution >= 4 is 18.0 Å². The van der Waals surface area contributed by atoms with Gasteiger partial charge < -0.3 is 0 Å². The van der Waals surface area contributed by atoms with E-state index in [1.165, 1.54) is 16.0 Å². The predicted molar refractivity (Wildman–Crippen MR) is 63.5 cm³/mol. The highest BCUT2D eigenvalue weighted by molar-refractivity contribution is 7.99. The molecule has 0 aliphatic carbocycles. The number of nitrogens with zero attached hydrogens (tertiary/aromatic N) is 1. The van der Waals surface area contributed by atoms with E-state index in [4.69, 9.17) is 0 Å². The molecule has 0 amide bonds. The SMILES string of the molecule is CC(C)(C)c1ccc2c(c1)C=NCS2. The zero-order valence-corrected chi connectivity index (χ0v) is 9.69. The molecular weight excluding hydrogens is 190 g/mol. The fraction of sp³-hybridized carbons (Fsp3) is 0.417. The van der Waals surface area contributed by atoms with Gasteiger partial charge in [0.15, 0.2) is 0 Å². The van der Waals surface area contributed by atoms with Crippen molar-refractivity contribution in [1.29, 1.82) is 0 Å². The van der Waals surface area contributed by atoms with E-state index < -0.39 is 0 Å². The van der Waals surface area contributed by atoms with Gasteiger partial charge in [-0.15, -0.1) is 11.8 Å². The molecule has 0 atom stereocenters. The number of fused-ring (bicyclic) bond motifs is 1. The maximum absolute atomic E-state index is 4.28. The van der Waals surface area contributed by atoms with Crippen LogP contribution in [0.5, 0.6) is 0 Å². The van der Waals surface area contributed by atoms with Gasteiger partial charge in [0.1, 0.15) is 0 Å². The number of thioether (sulfide) groups is 1. The number of rotatable bonds is 0. The molecule has 0 unspecified atom stereocenters. The molecule has 2 heteroatoms. The van der Waals surface area contributed by atoms with E-state index >= 15 is 0 Å². The lowest BCUT2D eigenvalue weighted by molar-refractivity contribution is 0.589. The fourth-order valence-electron chi connectivity index (χ4n) is 1.49. The summed E-state index contributed by atoms with van der Waals surface area (Å²) in [6, 6.07) is 6.70. The minimum atomic E-state index is 0.227. The lowest BCUT2D eigenvalue weighted by Gasteiger charge is -2.21. The lowest BCUT2D eigenvalue weighted by Crippen LogP contribution is -2.12. The number of hydrogen-bond acceptors (Lipinski definition) is 2. The Labute approximate surface area is 89.6 Å². The van der Waals surface area contributed by atoms with Gasteiger partial charge in [-0.3, -0.25) is 4.99 Å². The van der Waals surface area contributed by atoms with E-state index in [0.29, 0.717) is 0 Å². The summed E-state index contributed by atoms with van der Waals surface area (Å²) in [6.45, 7) is 6.71. The molecule has 1 nitrogen and oxygen atoms in total. The third-order valence-electron chi connectivity index (χ3n) is 2.40. The second-order valence-corrected chi connectivity index (χ2v) is 5.57. The maximum Gasteiger partial charge on any atom is 0.0890 e. The maximum atomic E-state index is 4.28. The Morgan fingerprint density at radius 1 is 1.29 bits per heavy atom. The summed E-state index contributed by atoms with van der Waals surface area (Å²) in [6.07, 6.45) is 1.99. The van der Waals surface area contributed by atoms with Crippen molar-refractivity contribution in [1.82, 2.24) is 0 Å². The van der Waals surface area contributed by atoms with E-state index in [-0.39, 0.29) is 5.41 Å². The monoisotopic (exact) mass is 205 g/mol. The first-order valence-corrected chi connectivity index (χ1v) is 5.83. The largest absolute Gasteiger partial charge is 0.281 e. The Kier molecular flexibility index (Phi) is 2.40. The van der Waals surface area contributed by atoms with Crippen molar-refractivity contribution in [2.45, 2.75) is 31.1 Å². The van der Waals surface area contributed by atoms with E-state index in [0.717, 1.165) is 5.88 Å². The summed E-state index contributed by atoms with van der Waals surface area (Å²) in [7, 11) is 0. The van der Waals surface area contributed by atoms with E-state index in [1.807, 2.05) is 18.0 Å². The van der Waals surface area contributed by atoms with Crippen LogP contribution in [0, 0.1) is 0 Å². The fourth-order valence-corrected chi connectivity index (χ4v) is 2.22. The molecule has 14 heavy (non-hydrogen) atoms. The van der Waals surface area contributed by atoms with Crippen LogP contribution in [0.2, 0.25) is 0 Å². The van der Waals surface area contributed by atoms with Gasteiger partial charge in [-0.05, 0) is 23.1 Å². The van der Waals surface area contributed by atoms with Crippen LogP contribution in [0.4, 0.5) is 0 Å². The molecule has 0 saturated carbocycles. The first-order chi connectivity index (χ1) is 6.57. The van der Waals surface area contributed by atoms with Gasteiger partial charge in [0.2, 0.25) is 0 Å². The molecule has 0 fully saturated rings. The second kappa shape index (κ2) is 3.43. The first-order valence-electron chi connectivity index (χ1n) is 4.84. The summed E-state index contributed by atoms with van der Waals surface area (Å²) < 4.78 is 0. The van der Waals surface area contributed by atoms with Gasteiger partial charge in [-0.1, -0.05) is 26.8 Å². The van der Waals surface area contributed by atoms with Crippen molar-refractivity contribution in [2.75, 3.05) is 5.88 Å². The topological polar surface area (TPSA) is 12.4 Å². The molecule has 0 bridgehead atoms. The van der Waals surface area contributed by atoms with Gasteiger partial charge in [-0.25, -0.2) is 0 Å². The van der Waals surface area contributed by atoms with Gasteiger partial charge >= 0.3 is 0 Å². The summed E-state index contributed by atoms with van der Waals surface area (Å²) >= 11 is 1.81. The minimum Gasteiger partial charge on any atom is -0.281 e. The summed E-state index contributed by atoms with van der Waals surface area (Å²) in [5.41, 5.74) is 2.88. The van der Waals surface area contributed by atoms with Crippen molar-refractivity contribution in [3.8, 4) is 0 Å². The van der Waals surface area contributed by atoms with Crippen LogP contribution in [-0.4, -0.2) is 12.1 Å². The van der Waals surface area contributed by atoms with Crippen molar-refractivity contribution in [2.24, 2.45) is 4.99 Å². The Bertz CT molecular complexity index is 374. The Hall–Kier alpha value is -0.760. The molecule has 1 aromatic rings. The number of hydrogen-bond donors (Lipinski definition) is 0. The number of aliphatic imine (C=N–C) groups is 1. The van der Waals surface area contributed by atoms with Gasteiger partial charge in [0.05, 0.1) is 5.88 Å². The zero-order valence-electron chi connectivity index (χ0n) is 8.87. The predicted octanol–water partition coefficient (Wildman–Crippen LogP) is 3.47. The van der Waals surface area contributed by atoms with Gasteiger partial charge in [-0.2, -0.15) is 0 Å². The van der Waals surface area contributed by atoms with Crippen LogP contribution in [0.1, 0.15) is 31.9 Å². The molecule has 2 rings (SSSR count). The van der Waals surface area contributed by atoms with Crippen LogP contribution in [-0.2, 0) is 5.41 Å². The third kappa shape index (κ3) is 1.85. The highest BCUT2D eigenvalue weighted by Gasteiger charge is 2.15.